The fraction of sp³-hybridized carbons (Fsp3) is 0.304. The summed E-state index contributed by atoms with van der Waals surface area (Å²) in [7, 11) is -2.38. The summed E-state index contributed by atoms with van der Waals surface area (Å²) in [6.07, 6.45) is 4.30. The van der Waals surface area contributed by atoms with Crippen LogP contribution in [0.3, 0.4) is 0 Å². The number of methoxy groups -OCH3 is 1. The number of pyridine rings is 1. The number of para-hydroxylation sites is 1. The first kappa shape index (κ1) is 21.3. The number of hydrogen-bond acceptors (Lipinski definition) is 5. The molecule has 0 bridgehead atoms. The number of anilines is 1. The van der Waals surface area contributed by atoms with Gasteiger partial charge in [-0.15, -0.1) is 0 Å². The minimum atomic E-state index is -3.80. The van der Waals surface area contributed by atoms with E-state index < -0.39 is 15.9 Å². The number of rotatable bonds is 5. The van der Waals surface area contributed by atoms with Gasteiger partial charge in [0.2, 0.25) is 10.0 Å². The molecule has 0 aliphatic carbocycles. The van der Waals surface area contributed by atoms with Crippen molar-refractivity contribution in [3.63, 3.8) is 0 Å². The van der Waals surface area contributed by atoms with E-state index >= 15 is 0 Å². The number of aromatic nitrogens is 1. The van der Waals surface area contributed by atoms with Crippen molar-refractivity contribution in [1.29, 1.82) is 0 Å². The molecule has 3 aromatic rings. The molecular weight excluding hydrogens is 414 g/mol. The number of carbonyl (C=O) groups is 1. The molecule has 0 unspecified atom stereocenters. The topological polar surface area (TPSA) is 88.6 Å². The number of fused-ring (bicyclic) bond motifs is 1. The van der Waals surface area contributed by atoms with Gasteiger partial charge in [-0.25, -0.2) is 8.42 Å². The molecule has 8 heteroatoms. The summed E-state index contributed by atoms with van der Waals surface area (Å²) < 4.78 is 33.6. The Morgan fingerprint density at radius 3 is 2.74 bits per heavy atom. The number of piperidine rings is 1. The molecule has 7 nitrogen and oxygen atoms in total. The summed E-state index contributed by atoms with van der Waals surface area (Å²) in [6.45, 7) is 2.37. The molecule has 1 fully saturated rings. The van der Waals surface area contributed by atoms with Gasteiger partial charge in [0.25, 0.3) is 5.91 Å². The van der Waals surface area contributed by atoms with Gasteiger partial charge in [-0.3, -0.25) is 9.78 Å². The van der Waals surface area contributed by atoms with Crippen LogP contribution < -0.4 is 10.1 Å². The second-order valence-electron chi connectivity index (χ2n) is 7.66. The summed E-state index contributed by atoms with van der Waals surface area (Å²) >= 11 is 0. The van der Waals surface area contributed by atoms with Gasteiger partial charge in [0.1, 0.15) is 10.6 Å². The number of sulfonamides is 1. The molecular formula is C23H25N3O4S. The lowest BCUT2D eigenvalue weighted by atomic mass is 10.1. The quantitative estimate of drug-likeness (QED) is 0.648. The molecule has 162 valence electrons. The van der Waals surface area contributed by atoms with Gasteiger partial charge in [-0.2, -0.15) is 4.31 Å². The molecule has 1 saturated heterocycles. The Bertz CT molecular complexity index is 1220. The summed E-state index contributed by atoms with van der Waals surface area (Å²) in [5.74, 6) is -0.190. The lowest BCUT2D eigenvalue weighted by molar-refractivity contribution is 0.102. The van der Waals surface area contributed by atoms with Gasteiger partial charge in [0, 0.05) is 29.7 Å². The van der Waals surface area contributed by atoms with Crippen molar-refractivity contribution in [3.05, 3.63) is 60.3 Å². The van der Waals surface area contributed by atoms with Gasteiger partial charge in [0.05, 0.1) is 18.3 Å². The molecule has 0 saturated carbocycles. The van der Waals surface area contributed by atoms with Gasteiger partial charge >= 0.3 is 0 Å². The first-order valence-electron chi connectivity index (χ1n) is 10.3. The molecule has 4 rings (SSSR count). The number of benzene rings is 2. The van der Waals surface area contributed by atoms with Crippen LogP contribution in [0.5, 0.6) is 5.75 Å². The summed E-state index contributed by atoms with van der Waals surface area (Å²) in [5.41, 5.74) is 1.46. The minimum Gasteiger partial charge on any atom is -0.495 e. The molecule has 0 radical (unpaired) electrons. The number of ether oxygens (including phenoxy) is 1. The van der Waals surface area contributed by atoms with Crippen LogP contribution in [0.25, 0.3) is 10.9 Å². The highest BCUT2D eigenvalue weighted by molar-refractivity contribution is 7.89. The van der Waals surface area contributed by atoms with E-state index in [0.29, 0.717) is 17.7 Å². The number of hydrogen-bond donors (Lipinski definition) is 1. The standard InChI is InChI=1S/C23H25N3O4S/c1-16-7-3-4-14-26(16)31(28,29)21-15-18(11-12-20(21)30-2)23(27)25-19-10-5-8-17-9-6-13-24-22(17)19/h5-6,8-13,15-16H,3-4,7,14H2,1-2H3,(H,25,27)/t16-/m0/s1. The second kappa shape index (κ2) is 8.64. The number of nitrogens with zero attached hydrogens (tertiary/aromatic N) is 2. The molecule has 1 aliphatic heterocycles. The van der Waals surface area contributed by atoms with Crippen LogP contribution in [0.15, 0.2) is 59.6 Å². The molecule has 1 N–H and O–H groups in total. The van der Waals surface area contributed by atoms with E-state index in [1.54, 1.807) is 18.3 Å². The van der Waals surface area contributed by atoms with Gasteiger partial charge in [-0.1, -0.05) is 24.6 Å². The molecule has 31 heavy (non-hydrogen) atoms. The second-order valence-corrected chi connectivity index (χ2v) is 9.52. The maximum Gasteiger partial charge on any atom is 0.255 e. The van der Waals surface area contributed by atoms with Crippen molar-refractivity contribution in [2.24, 2.45) is 0 Å². The normalized spacial score (nSPS) is 17.4. The Hall–Kier alpha value is -2.97. The third-order valence-corrected chi connectivity index (χ3v) is 7.67. The Morgan fingerprint density at radius 1 is 1.16 bits per heavy atom. The zero-order valence-corrected chi connectivity index (χ0v) is 18.4. The average Bonchev–Trinajstić information content (AvgIpc) is 2.79. The summed E-state index contributed by atoms with van der Waals surface area (Å²) in [6, 6.07) is 13.6. The first-order valence-corrected chi connectivity index (χ1v) is 11.7. The van der Waals surface area contributed by atoms with E-state index in [-0.39, 0.29) is 22.3 Å². The van der Waals surface area contributed by atoms with Crippen molar-refractivity contribution >= 4 is 32.5 Å². The van der Waals surface area contributed by atoms with Crippen LogP contribution in [0.4, 0.5) is 5.69 Å². The zero-order valence-electron chi connectivity index (χ0n) is 17.5. The maximum atomic E-state index is 13.4. The number of carbonyl (C=O) groups excluding carboxylic acids is 1. The first-order chi connectivity index (χ1) is 14.9. The van der Waals surface area contributed by atoms with E-state index in [0.717, 1.165) is 24.6 Å². The van der Waals surface area contributed by atoms with E-state index in [1.165, 1.54) is 23.5 Å². The highest BCUT2D eigenvalue weighted by Crippen LogP contribution is 2.32. The monoisotopic (exact) mass is 439 g/mol. The highest BCUT2D eigenvalue weighted by Gasteiger charge is 2.33. The Morgan fingerprint density at radius 2 is 1.97 bits per heavy atom. The predicted octanol–water partition coefficient (Wildman–Crippen LogP) is 4.06. The summed E-state index contributed by atoms with van der Waals surface area (Å²) in [4.78, 5) is 17.3. The van der Waals surface area contributed by atoms with E-state index in [1.807, 2.05) is 31.2 Å². The van der Waals surface area contributed by atoms with Crippen LogP contribution >= 0.6 is 0 Å². The van der Waals surface area contributed by atoms with Crippen molar-refractivity contribution in [1.82, 2.24) is 9.29 Å². The lowest BCUT2D eigenvalue weighted by Crippen LogP contribution is -2.42. The van der Waals surface area contributed by atoms with Crippen molar-refractivity contribution < 1.29 is 17.9 Å². The fourth-order valence-electron chi connectivity index (χ4n) is 3.97. The van der Waals surface area contributed by atoms with Gasteiger partial charge in [-0.05, 0) is 50.1 Å². The SMILES string of the molecule is COc1ccc(C(=O)Nc2cccc3cccnc23)cc1S(=O)(=O)N1CCCC[C@@H]1C. The number of nitrogens with one attached hydrogen (secondary N) is 1. The van der Waals surface area contributed by atoms with Crippen LogP contribution in [-0.4, -0.2) is 43.3 Å². The van der Waals surface area contributed by atoms with Crippen molar-refractivity contribution in [3.8, 4) is 5.75 Å². The van der Waals surface area contributed by atoms with Crippen molar-refractivity contribution in [2.45, 2.75) is 37.1 Å². The Balaban J connectivity index is 1.69. The minimum absolute atomic E-state index is 0.00689. The Kier molecular flexibility index (Phi) is 5.93. The third-order valence-electron chi connectivity index (χ3n) is 5.64. The van der Waals surface area contributed by atoms with E-state index in [9.17, 15) is 13.2 Å². The summed E-state index contributed by atoms with van der Waals surface area (Å²) in [5, 5.41) is 3.76. The largest absolute Gasteiger partial charge is 0.495 e. The molecule has 1 aromatic heterocycles. The molecule has 1 aliphatic rings. The third kappa shape index (κ3) is 4.13. The van der Waals surface area contributed by atoms with Crippen LogP contribution in [0.2, 0.25) is 0 Å². The number of amides is 1. The van der Waals surface area contributed by atoms with E-state index in [4.69, 9.17) is 4.74 Å². The molecule has 1 amide bonds. The highest BCUT2D eigenvalue weighted by atomic mass is 32.2. The van der Waals surface area contributed by atoms with Gasteiger partial charge in [0.15, 0.2) is 0 Å². The molecule has 0 spiro atoms. The molecule has 2 heterocycles. The van der Waals surface area contributed by atoms with Crippen LogP contribution in [0, 0.1) is 0 Å². The van der Waals surface area contributed by atoms with Crippen molar-refractivity contribution in [2.75, 3.05) is 19.0 Å². The Labute approximate surface area is 182 Å². The zero-order chi connectivity index (χ0) is 22.0. The molecule has 1 atom stereocenters. The fourth-order valence-corrected chi connectivity index (χ4v) is 5.86. The molecule has 2 aromatic carbocycles. The van der Waals surface area contributed by atoms with E-state index in [2.05, 4.69) is 10.3 Å². The van der Waals surface area contributed by atoms with Crippen LogP contribution in [-0.2, 0) is 10.0 Å². The lowest BCUT2D eigenvalue weighted by Gasteiger charge is -2.32. The van der Waals surface area contributed by atoms with Gasteiger partial charge < -0.3 is 10.1 Å². The smallest absolute Gasteiger partial charge is 0.255 e. The predicted molar refractivity (Wildman–Crippen MR) is 120 cm³/mol. The average molecular weight is 440 g/mol. The maximum absolute atomic E-state index is 13.4. The van der Waals surface area contributed by atoms with Crippen LogP contribution in [0.1, 0.15) is 36.5 Å².